The normalized spacial score (nSPS) is 14.6. The van der Waals surface area contributed by atoms with Gasteiger partial charge in [-0.25, -0.2) is 0 Å². The molecule has 5 nitrogen and oxygen atoms in total. The molecule has 0 saturated heterocycles. The number of carbonyl (C=O) groups excluding carboxylic acids is 2. The molecular formula is C14H12F6O5. The van der Waals surface area contributed by atoms with E-state index in [9.17, 15) is 41.0 Å². The van der Waals surface area contributed by atoms with Gasteiger partial charge in [0.2, 0.25) is 12.2 Å². The van der Waals surface area contributed by atoms with Crippen molar-refractivity contribution in [1.29, 1.82) is 0 Å². The van der Waals surface area contributed by atoms with Gasteiger partial charge in [0.1, 0.15) is 5.75 Å². The molecule has 140 valence electrons. The second-order valence-corrected chi connectivity index (χ2v) is 4.88. The number of ether oxygens (including phenoxy) is 2. The van der Waals surface area contributed by atoms with E-state index in [1.807, 2.05) is 0 Å². The summed E-state index contributed by atoms with van der Waals surface area (Å²) in [5, 5.41) is 9.57. The van der Waals surface area contributed by atoms with Crippen LogP contribution in [0.4, 0.5) is 26.3 Å². The standard InChI is InChI=1S/C14H12F6O5/c1-6(21)24-11(13(15,16)17)8-3-4-10(23)9(5-8)12(14(18,19)20)25-7(2)22/h3-5,11-12,23H,1-2H3. The fourth-order valence-electron chi connectivity index (χ4n) is 1.91. The molecule has 0 fully saturated rings. The van der Waals surface area contributed by atoms with Gasteiger partial charge in [-0.1, -0.05) is 6.07 Å². The highest BCUT2D eigenvalue weighted by atomic mass is 19.4. The lowest BCUT2D eigenvalue weighted by atomic mass is 10.0. The summed E-state index contributed by atoms with van der Waals surface area (Å²) < 4.78 is 86.2. The largest absolute Gasteiger partial charge is 0.508 e. The van der Waals surface area contributed by atoms with Crippen LogP contribution in [-0.4, -0.2) is 29.4 Å². The summed E-state index contributed by atoms with van der Waals surface area (Å²) in [6, 6.07) is 1.51. The Kier molecular flexibility index (Phi) is 5.92. The van der Waals surface area contributed by atoms with Gasteiger partial charge in [-0.05, 0) is 12.1 Å². The number of phenolic OH excluding ortho intramolecular Hbond substituents is 1. The first-order valence-corrected chi connectivity index (χ1v) is 6.54. The lowest BCUT2D eigenvalue weighted by Gasteiger charge is -2.24. The molecule has 1 aromatic rings. The molecule has 1 rings (SSSR count). The first-order chi connectivity index (χ1) is 11.2. The molecule has 0 radical (unpaired) electrons. The van der Waals surface area contributed by atoms with Crippen LogP contribution < -0.4 is 0 Å². The molecule has 2 atom stereocenters. The number of rotatable bonds is 4. The quantitative estimate of drug-likeness (QED) is 0.642. The van der Waals surface area contributed by atoms with E-state index in [2.05, 4.69) is 9.47 Å². The van der Waals surface area contributed by atoms with Crippen LogP contribution in [0, 0.1) is 0 Å². The Morgan fingerprint density at radius 1 is 0.920 bits per heavy atom. The first-order valence-electron chi connectivity index (χ1n) is 6.54. The van der Waals surface area contributed by atoms with Crippen LogP contribution in [0.1, 0.15) is 37.2 Å². The molecule has 1 N–H and O–H groups in total. The summed E-state index contributed by atoms with van der Waals surface area (Å²) in [4.78, 5) is 21.7. The van der Waals surface area contributed by atoms with Crippen molar-refractivity contribution in [1.82, 2.24) is 0 Å². The molecule has 1 aromatic carbocycles. The smallest absolute Gasteiger partial charge is 0.429 e. The summed E-state index contributed by atoms with van der Waals surface area (Å²) in [6.45, 7) is 1.36. The van der Waals surface area contributed by atoms with E-state index in [-0.39, 0.29) is 0 Å². The van der Waals surface area contributed by atoms with Gasteiger partial charge in [-0.2, -0.15) is 26.3 Å². The minimum absolute atomic E-state index is 0.317. The predicted octanol–water partition coefficient (Wildman–Crippen LogP) is 3.73. The van der Waals surface area contributed by atoms with Crippen molar-refractivity contribution in [2.45, 2.75) is 38.4 Å². The maximum absolute atomic E-state index is 13.0. The van der Waals surface area contributed by atoms with E-state index in [1.54, 1.807) is 0 Å². The van der Waals surface area contributed by atoms with E-state index >= 15 is 0 Å². The van der Waals surface area contributed by atoms with E-state index in [4.69, 9.17) is 0 Å². The summed E-state index contributed by atoms with van der Waals surface area (Å²) in [5.74, 6) is -3.72. The zero-order chi connectivity index (χ0) is 19.6. The number of aromatic hydroxyl groups is 1. The third-order valence-corrected chi connectivity index (χ3v) is 2.80. The number of hydrogen-bond acceptors (Lipinski definition) is 5. The third-order valence-electron chi connectivity index (χ3n) is 2.80. The Hall–Kier alpha value is -2.46. The molecule has 25 heavy (non-hydrogen) atoms. The molecule has 0 saturated carbocycles. The maximum Gasteiger partial charge on any atom is 0.429 e. The SMILES string of the molecule is CC(=O)OC(c1ccc(O)c(C(OC(C)=O)C(F)(F)F)c1)C(F)(F)F. The number of phenols is 1. The molecule has 0 aliphatic heterocycles. The molecule has 2 unspecified atom stereocenters. The second-order valence-electron chi connectivity index (χ2n) is 4.88. The summed E-state index contributed by atoms with van der Waals surface area (Å²) in [5.41, 5.74) is -2.00. The van der Waals surface area contributed by atoms with Crippen molar-refractivity contribution < 1.29 is 50.5 Å². The lowest BCUT2D eigenvalue weighted by molar-refractivity contribution is -0.224. The minimum atomic E-state index is -5.20. The van der Waals surface area contributed by atoms with Gasteiger partial charge < -0.3 is 14.6 Å². The van der Waals surface area contributed by atoms with Gasteiger partial charge in [0.25, 0.3) is 0 Å². The molecule has 0 aliphatic rings. The number of hydrogen-bond donors (Lipinski definition) is 1. The summed E-state index contributed by atoms with van der Waals surface area (Å²) >= 11 is 0. The fourth-order valence-corrected chi connectivity index (χ4v) is 1.91. The summed E-state index contributed by atoms with van der Waals surface area (Å²) in [7, 11) is 0. The van der Waals surface area contributed by atoms with Crippen LogP contribution >= 0.6 is 0 Å². The highest BCUT2D eigenvalue weighted by Gasteiger charge is 2.47. The second kappa shape index (κ2) is 7.19. The summed E-state index contributed by atoms with van der Waals surface area (Å²) in [6.07, 6.45) is -16.2. The Morgan fingerprint density at radius 2 is 1.36 bits per heavy atom. The van der Waals surface area contributed by atoms with E-state index in [1.165, 1.54) is 0 Å². The van der Waals surface area contributed by atoms with Crippen LogP contribution in [0.5, 0.6) is 5.75 Å². The Morgan fingerprint density at radius 3 is 1.76 bits per heavy atom. The molecule has 0 spiro atoms. The topological polar surface area (TPSA) is 72.8 Å². The molecule has 0 aromatic heterocycles. The van der Waals surface area contributed by atoms with Crippen LogP contribution in [0.2, 0.25) is 0 Å². The average Bonchev–Trinajstić information content (AvgIpc) is 2.40. The van der Waals surface area contributed by atoms with E-state index < -0.39 is 53.4 Å². The van der Waals surface area contributed by atoms with Gasteiger partial charge in [-0.15, -0.1) is 0 Å². The van der Waals surface area contributed by atoms with Crippen LogP contribution in [0.25, 0.3) is 0 Å². The Labute approximate surface area is 137 Å². The average molecular weight is 374 g/mol. The number of halogens is 6. The number of carbonyl (C=O) groups is 2. The molecular weight excluding hydrogens is 362 g/mol. The van der Waals surface area contributed by atoms with Gasteiger partial charge in [0, 0.05) is 25.0 Å². The monoisotopic (exact) mass is 374 g/mol. The van der Waals surface area contributed by atoms with Gasteiger partial charge in [-0.3, -0.25) is 9.59 Å². The molecule has 0 aliphatic carbocycles. The van der Waals surface area contributed by atoms with Crippen molar-refractivity contribution in [3.8, 4) is 5.75 Å². The van der Waals surface area contributed by atoms with Crippen LogP contribution in [-0.2, 0) is 19.1 Å². The van der Waals surface area contributed by atoms with E-state index in [0.717, 1.165) is 0 Å². The molecule has 11 heteroatoms. The fraction of sp³-hybridized carbons (Fsp3) is 0.429. The lowest BCUT2D eigenvalue weighted by Crippen LogP contribution is -2.27. The molecule has 0 bridgehead atoms. The number of esters is 2. The maximum atomic E-state index is 13.0. The molecule has 0 amide bonds. The highest BCUT2D eigenvalue weighted by molar-refractivity contribution is 5.67. The van der Waals surface area contributed by atoms with E-state index in [0.29, 0.717) is 32.0 Å². The van der Waals surface area contributed by atoms with Crippen LogP contribution in [0.3, 0.4) is 0 Å². The van der Waals surface area contributed by atoms with Crippen molar-refractivity contribution in [2.75, 3.05) is 0 Å². The van der Waals surface area contributed by atoms with Crippen LogP contribution in [0.15, 0.2) is 18.2 Å². The highest BCUT2D eigenvalue weighted by Crippen LogP contribution is 2.43. The zero-order valence-corrected chi connectivity index (χ0v) is 12.7. The number of alkyl halides is 6. The Bertz CT molecular complexity index is 652. The third kappa shape index (κ3) is 5.54. The van der Waals surface area contributed by atoms with Crippen molar-refractivity contribution >= 4 is 11.9 Å². The Balaban J connectivity index is 3.46. The van der Waals surface area contributed by atoms with Gasteiger partial charge in [0.05, 0.1) is 0 Å². The van der Waals surface area contributed by atoms with Gasteiger partial charge >= 0.3 is 24.3 Å². The predicted molar refractivity (Wildman–Crippen MR) is 69.2 cm³/mol. The minimum Gasteiger partial charge on any atom is -0.508 e. The zero-order valence-electron chi connectivity index (χ0n) is 12.7. The first kappa shape index (κ1) is 20.6. The van der Waals surface area contributed by atoms with Crippen molar-refractivity contribution in [3.63, 3.8) is 0 Å². The van der Waals surface area contributed by atoms with Crippen molar-refractivity contribution in [2.24, 2.45) is 0 Å². The molecule has 0 heterocycles. The van der Waals surface area contributed by atoms with Crippen molar-refractivity contribution in [3.05, 3.63) is 29.3 Å². The number of benzene rings is 1. The van der Waals surface area contributed by atoms with Gasteiger partial charge in [0.15, 0.2) is 0 Å².